The number of aromatic nitrogens is 3. The lowest BCUT2D eigenvalue weighted by Gasteiger charge is -2.14. The van der Waals surface area contributed by atoms with E-state index in [9.17, 15) is 9.18 Å². The van der Waals surface area contributed by atoms with Gasteiger partial charge in [-0.05, 0) is 44.0 Å². The number of hydrogen-bond acceptors (Lipinski definition) is 4. The van der Waals surface area contributed by atoms with E-state index in [-0.39, 0.29) is 17.8 Å². The van der Waals surface area contributed by atoms with Gasteiger partial charge in [-0.3, -0.25) is 9.36 Å². The highest BCUT2D eigenvalue weighted by Crippen LogP contribution is 2.42. The molecule has 0 radical (unpaired) electrons. The summed E-state index contributed by atoms with van der Waals surface area (Å²) >= 11 is 7.42. The molecular formula is C20H18ClFN4OS. The minimum atomic E-state index is -0.425. The molecule has 3 aromatic rings. The third kappa shape index (κ3) is 3.91. The minimum absolute atomic E-state index is 0.184. The Labute approximate surface area is 171 Å². The summed E-state index contributed by atoms with van der Waals surface area (Å²) < 4.78 is 16.2. The first-order valence-electron chi connectivity index (χ1n) is 8.96. The molecule has 1 saturated carbocycles. The second kappa shape index (κ2) is 7.93. The Morgan fingerprint density at radius 3 is 2.64 bits per heavy atom. The minimum Gasteiger partial charge on any atom is -0.324 e. The topological polar surface area (TPSA) is 59.8 Å². The molecule has 0 saturated heterocycles. The maximum atomic E-state index is 14.3. The van der Waals surface area contributed by atoms with Gasteiger partial charge in [-0.25, -0.2) is 4.39 Å². The van der Waals surface area contributed by atoms with Crippen LogP contribution in [0.25, 0.3) is 11.4 Å². The van der Waals surface area contributed by atoms with Gasteiger partial charge >= 0.3 is 0 Å². The van der Waals surface area contributed by atoms with E-state index in [0.717, 1.165) is 12.8 Å². The van der Waals surface area contributed by atoms with Crippen LogP contribution in [0.1, 0.15) is 25.8 Å². The number of para-hydroxylation sites is 1. The van der Waals surface area contributed by atoms with Gasteiger partial charge in [0.15, 0.2) is 11.0 Å². The lowest BCUT2D eigenvalue weighted by molar-refractivity contribution is -0.115. The zero-order valence-electron chi connectivity index (χ0n) is 15.1. The summed E-state index contributed by atoms with van der Waals surface area (Å²) in [5, 5.41) is 12.0. The molecule has 28 heavy (non-hydrogen) atoms. The number of rotatable bonds is 6. The summed E-state index contributed by atoms with van der Waals surface area (Å²) in [7, 11) is 0. The van der Waals surface area contributed by atoms with E-state index in [1.54, 1.807) is 43.3 Å². The molecule has 1 aromatic heterocycles. The number of carbonyl (C=O) groups excluding carboxylic acids is 1. The van der Waals surface area contributed by atoms with Crippen molar-refractivity contribution < 1.29 is 9.18 Å². The van der Waals surface area contributed by atoms with Gasteiger partial charge in [0.05, 0.1) is 21.5 Å². The average molecular weight is 417 g/mol. The van der Waals surface area contributed by atoms with Crippen LogP contribution >= 0.6 is 23.4 Å². The Kier molecular flexibility index (Phi) is 5.37. The summed E-state index contributed by atoms with van der Waals surface area (Å²) in [6, 6.07) is 13.9. The molecule has 144 valence electrons. The van der Waals surface area contributed by atoms with Gasteiger partial charge in [-0.2, -0.15) is 0 Å². The van der Waals surface area contributed by atoms with Crippen molar-refractivity contribution in [3.8, 4) is 11.4 Å². The molecule has 2 aromatic carbocycles. The van der Waals surface area contributed by atoms with Crippen LogP contribution in [0.4, 0.5) is 10.1 Å². The first kappa shape index (κ1) is 19.0. The molecule has 1 aliphatic carbocycles. The number of carbonyl (C=O) groups is 1. The molecule has 1 heterocycles. The van der Waals surface area contributed by atoms with Crippen molar-refractivity contribution >= 4 is 35.0 Å². The fourth-order valence-corrected chi connectivity index (χ4v) is 3.96. The van der Waals surface area contributed by atoms with Crippen LogP contribution in [0.2, 0.25) is 5.02 Å². The highest BCUT2D eigenvalue weighted by molar-refractivity contribution is 8.00. The van der Waals surface area contributed by atoms with Crippen molar-refractivity contribution in [3.05, 3.63) is 59.4 Å². The van der Waals surface area contributed by atoms with E-state index < -0.39 is 5.25 Å². The van der Waals surface area contributed by atoms with E-state index in [2.05, 4.69) is 15.5 Å². The lowest BCUT2D eigenvalue weighted by atomic mass is 10.2. The summed E-state index contributed by atoms with van der Waals surface area (Å²) in [4.78, 5) is 12.6. The van der Waals surface area contributed by atoms with Crippen LogP contribution in [0, 0.1) is 5.82 Å². The molecule has 0 spiro atoms. The van der Waals surface area contributed by atoms with Crippen LogP contribution in [-0.2, 0) is 4.79 Å². The van der Waals surface area contributed by atoms with Crippen molar-refractivity contribution in [2.24, 2.45) is 0 Å². The van der Waals surface area contributed by atoms with Gasteiger partial charge < -0.3 is 5.32 Å². The Morgan fingerprint density at radius 1 is 1.21 bits per heavy atom. The fourth-order valence-electron chi connectivity index (χ4n) is 2.85. The third-order valence-corrected chi connectivity index (χ3v) is 5.86. The van der Waals surface area contributed by atoms with Crippen LogP contribution in [-0.4, -0.2) is 25.9 Å². The number of benzene rings is 2. The second-order valence-corrected chi connectivity index (χ2v) is 8.33. The van der Waals surface area contributed by atoms with Gasteiger partial charge in [0.1, 0.15) is 5.82 Å². The number of nitrogens with one attached hydrogen (secondary N) is 1. The first-order chi connectivity index (χ1) is 13.5. The largest absolute Gasteiger partial charge is 0.324 e. The highest BCUT2D eigenvalue weighted by Gasteiger charge is 2.32. The Morgan fingerprint density at radius 2 is 1.93 bits per heavy atom. The van der Waals surface area contributed by atoms with Crippen molar-refractivity contribution in [2.75, 3.05) is 5.32 Å². The van der Waals surface area contributed by atoms with E-state index in [0.29, 0.717) is 27.3 Å². The molecule has 1 fully saturated rings. The molecule has 1 aliphatic rings. The van der Waals surface area contributed by atoms with Crippen molar-refractivity contribution in [3.63, 3.8) is 0 Å². The Balaban J connectivity index is 1.56. The second-order valence-electron chi connectivity index (χ2n) is 6.62. The maximum absolute atomic E-state index is 14.3. The predicted octanol–water partition coefficient (Wildman–Crippen LogP) is 5.19. The van der Waals surface area contributed by atoms with E-state index in [4.69, 9.17) is 11.6 Å². The van der Waals surface area contributed by atoms with E-state index in [1.807, 2.05) is 10.6 Å². The summed E-state index contributed by atoms with van der Waals surface area (Å²) in [5.41, 5.74) is 0.985. The summed E-state index contributed by atoms with van der Waals surface area (Å²) in [6.07, 6.45) is 1.99. The maximum Gasteiger partial charge on any atom is 0.237 e. The smallest absolute Gasteiger partial charge is 0.237 e. The number of thioether (sulfide) groups is 1. The summed E-state index contributed by atoms with van der Waals surface area (Å²) in [5.74, 6) is -0.0180. The van der Waals surface area contributed by atoms with Crippen molar-refractivity contribution in [1.29, 1.82) is 0 Å². The normalized spacial score (nSPS) is 14.7. The SMILES string of the molecule is C[C@H](Sc1nnc(-c2ccccc2F)n1C1CC1)C(=O)Nc1ccccc1Cl. The molecular weight excluding hydrogens is 399 g/mol. The molecule has 4 rings (SSSR count). The quantitative estimate of drug-likeness (QED) is 0.561. The van der Waals surface area contributed by atoms with Crippen molar-refractivity contribution in [2.45, 2.75) is 36.2 Å². The van der Waals surface area contributed by atoms with Gasteiger partial charge in [0.25, 0.3) is 0 Å². The summed E-state index contributed by atoms with van der Waals surface area (Å²) in [6.45, 7) is 1.80. The number of amides is 1. The molecule has 1 N–H and O–H groups in total. The number of halogens is 2. The highest BCUT2D eigenvalue weighted by atomic mass is 35.5. The van der Waals surface area contributed by atoms with Crippen LogP contribution in [0.3, 0.4) is 0 Å². The molecule has 0 aliphatic heterocycles. The van der Waals surface area contributed by atoms with Gasteiger partial charge in [0, 0.05) is 6.04 Å². The Bertz CT molecular complexity index is 1020. The van der Waals surface area contributed by atoms with Crippen LogP contribution in [0.5, 0.6) is 0 Å². The fraction of sp³-hybridized carbons (Fsp3) is 0.250. The average Bonchev–Trinajstić information content (AvgIpc) is 3.44. The lowest BCUT2D eigenvalue weighted by Crippen LogP contribution is -2.23. The number of nitrogens with zero attached hydrogens (tertiary/aromatic N) is 3. The van der Waals surface area contributed by atoms with Crippen LogP contribution in [0.15, 0.2) is 53.7 Å². The number of hydrogen-bond donors (Lipinski definition) is 1. The van der Waals surface area contributed by atoms with Crippen molar-refractivity contribution in [1.82, 2.24) is 14.8 Å². The molecule has 8 heteroatoms. The standard InChI is InChI=1S/C20H18ClFN4OS/c1-12(19(27)23-17-9-5-3-7-15(17)21)28-20-25-24-18(26(20)13-10-11-13)14-6-2-4-8-16(14)22/h2-9,12-13H,10-11H2,1H3,(H,23,27)/t12-/m0/s1. The van der Waals surface area contributed by atoms with Gasteiger partial charge in [-0.15, -0.1) is 10.2 Å². The Hall–Kier alpha value is -2.38. The van der Waals surface area contributed by atoms with Gasteiger partial charge in [-0.1, -0.05) is 47.6 Å². The molecule has 0 bridgehead atoms. The van der Waals surface area contributed by atoms with Gasteiger partial charge in [0.2, 0.25) is 5.91 Å². The van der Waals surface area contributed by atoms with Crippen LogP contribution < -0.4 is 5.32 Å². The number of anilines is 1. The third-order valence-electron chi connectivity index (χ3n) is 4.47. The monoisotopic (exact) mass is 416 g/mol. The zero-order valence-corrected chi connectivity index (χ0v) is 16.7. The molecule has 5 nitrogen and oxygen atoms in total. The zero-order chi connectivity index (χ0) is 19.7. The first-order valence-corrected chi connectivity index (χ1v) is 10.2. The molecule has 0 unspecified atom stereocenters. The molecule has 1 atom stereocenters. The van der Waals surface area contributed by atoms with E-state index >= 15 is 0 Å². The molecule has 1 amide bonds. The van der Waals surface area contributed by atoms with E-state index in [1.165, 1.54) is 17.8 Å². The predicted molar refractivity (Wildman–Crippen MR) is 109 cm³/mol.